The second kappa shape index (κ2) is 8.53. The van der Waals surface area contributed by atoms with Gasteiger partial charge in [0.25, 0.3) is 5.91 Å². The Hall–Kier alpha value is -1.53. The van der Waals surface area contributed by atoms with Crippen LogP contribution in [0, 0.1) is 5.92 Å². The van der Waals surface area contributed by atoms with Crippen LogP contribution in [0.25, 0.3) is 0 Å². The lowest BCUT2D eigenvalue weighted by atomic mass is 10.1. The molecular weight excluding hydrogens is 312 g/mol. The number of hydrogen-bond donors (Lipinski definition) is 1. The average molecular weight is 339 g/mol. The Balaban J connectivity index is 1.77. The monoisotopic (exact) mass is 339 g/mol. The summed E-state index contributed by atoms with van der Waals surface area (Å²) in [5, 5.41) is 2.40. The van der Waals surface area contributed by atoms with Gasteiger partial charge in [0.2, 0.25) is 0 Å². The standard InChI is InChI=1S/C18H27F2N3O/c1-3-22-9-11-23(12-10-22)14-15(2)13-21-17(24)18(19,20)16-7-5-4-6-8-16/h4-8,15H,3,9-14H2,1-2H3,(H,21,24)/t15-/m1/s1. The third-order valence-corrected chi connectivity index (χ3v) is 4.51. The SMILES string of the molecule is CCN1CCN(C[C@H](C)CNC(=O)C(F)(F)c2ccccc2)CC1. The molecule has 0 radical (unpaired) electrons. The molecule has 1 amide bonds. The van der Waals surface area contributed by atoms with Crippen LogP contribution < -0.4 is 5.32 Å². The van der Waals surface area contributed by atoms with E-state index in [0.717, 1.165) is 39.3 Å². The zero-order valence-corrected chi connectivity index (χ0v) is 14.5. The summed E-state index contributed by atoms with van der Waals surface area (Å²) >= 11 is 0. The van der Waals surface area contributed by atoms with Gasteiger partial charge in [0, 0.05) is 44.8 Å². The first kappa shape index (κ1) is 18.8. The molecule has 1 heterocycles. The van der Waals surface area contributed by atoms with Gasteiger partial charge in [-0.15, -0.1) is 0 Å². The molecule has 1 saturated heterocycles. The Bertz CT molecular complexity index is 516. The number of nitrogens with one attached hydrogen (secondary N) is 1. The molecule has 1 fully saturated rings. The number of alkyl halides is 2. The normalized spacial score (nSPS) is 18.3. The van der Waals surface area contributed by atoms with Crippen LogP contribution in [-0.2, 0) is 10.7 Å². The van der Waals surface area contributed by atoms with Gasteiger partial charge in [-0.3, -0.25) is 4.79 Å². The summed E-state index contributed by atoms with van der Waals surface area (Å²) in [6.45, 7) is 10.3. The minimum atomic E-state index is -3.49. The topological polar surface area (TPSA) is 35.6 Å². The number of piperazine rings is 1. The first-order valence-electron chi connectivity index (χ1n) is 8.59. The number of benzene rings is 1. The van der Waals surface area contributed by atoms with Crippen molar-refractivity contribution in [3.63, 3.8) is 0 Å². The van der Waals surface area contributed by atoms with E-state index in [2.05, 4.69) is 22.0 Å². The van der Waals surface area contributed by atoms with E-state index >= 15 is 0 Å². The Morgan fingerprint density at radius 2 is 1.75 bits per heavy atom. The van der Waals surface area contributed by atoms with Crippen molar-refractivity contribution in [2.75, 3.05) is 45.8 Å². The van der Waals surface area contributed by atoms with E-state index in [4.69, 9.17) is 0 Å². The van der Waals surface area contributed by atoms with Crippen molar-refractivity contribution in [2.24, 2.45) is 5.92 Å². The number of carbonyl (C=O) groups excluding carboxylic acids is 1. The molecule has 6 heteroatoms. The number of amides is 1. The third-order valence-electron chi connectivity index (χ3n) is 4.51. The summed E-state index contributed by atoms with van der Waals surface area (Å²) in [6, 6.07) is 7.22. The number of likely N-dealkylation sites (N-methyl/N-ethyl adjacent to an activating group) is 1. The number of halogens is 2. The number of carbonyl (C=O) groups is 1. The smallest absolute Gasteiger partial charge is 0.349 e. The second-order valence-corrected chi connectivity index (χ2v) is 6.49. The van der Waals surface area contributed by atoms with Crippen LogP contribution in [0.5, 0.6) is 0 Å². The van der Waals surface area contributed by atoms with Crippen molar-refractivity contribution < 1.29 is 13.6 Å². The molecule has 1 aromatic carbocycles. The van der Waals surface area contributed by atoms with Gasteiger partial charge >= 0.3 is 5.92 Å². The predicted octanol–water partition coefficient (Wildman–Crippen LogP) is 2.17. The zero-order chi connectivity index (χ0) is 17.6. The van der Waals surface area contributed by atoms with Gasteiger partial charge < -0.3 is 15.1 Å². The molecule has 0 bridgehead atoms. The third kappa shape index (κ3) is 4.98. The molecule has 134 valence electrons. The summed E-state index contributed by atoms with van der Waals surface area (Å²) in [4.78, 5) is 16.6. The van der Waals surface area contributed by atoms with Crippen LogP contribution in [0.3, 0.4) is 0 Å². The highest BCUT2D eigenvalue weighted by molar-refractivity contribution is 5.84. The summed E-state index contributed by atoms with van der Waals surface area (Å²) in [5.74, 6) is -4.58. The lowest BCUT2D eigenvalue weighted by Gasteiger charge is -2.35. The molecular formula is C18H27F2N3O. The lowest BCUT2D eigenvalue weighted by molar-refractivity contribution is -0.147. The Morgan fingerprint density at radius 1 is 1.17 bits per heavy atom. The molecule has 0 aliphatic carbocycles. The molecule has 0 spiro atoms. The molecule has 1 aliphatic heterocycles. The molecule has 1 aromatic rings. The Labute approximate surface area is 142 Å². The first-order chi connectivity index (χ1) is 11.4. The van der Waals surface area contributed by atoms with Crippen LogP contribution in [0.4, 0.5) is 8.78 Å². The largest absolute Gasteiger partial charge is 0.350 e. The molecule has 1 N–H and O–H groups in total. The molecule has 0 saturated carbocycles. The van der Waals surface area contributed by atoms with E-state index in [1.807, 2.05) is 6.92 Å². The zero-order valence-electron chi connectivity index (χ0n) is 14.5. The van der Waals surface area contributed by atoms with E-state index in [-0.39, 0.29) is 18.0 Å². The second-order valence-electron chi connectivity index (χ2n) is 6.49. The van der Waals surface area contributed by atoms with Crippen LogP contribution in [0.1, 0.15) is 19.4 Å². The van der Waals surface area contributed by atoms with Gasteiger partial charge in [-0.2, -0.15) is 8.78 Å². The van der Waals surface area contributed by atoms with Gasteiger partial charge in [-0.05, 0) is 12.5 Å². The molecule has 0 aromatic heterocycles. The Morgan fingerprint density at radius 3 is 2.33 bits per heavy atom. The fourth-order valence-electron chi connectivity index (χ4n) is 2.95. The van der Waals surface area contributed by atoms with E-state index in [1.54, 1.807) is 6.07 Å². The van der Waals surface area contributed by atoms with Crippen molar-refractivity contribution in [1.29, 1.82) is 0 Å². The highest BCUT2D eigenvalue weighted by atomic mass is 19.3. The molecule has 2 rings (SSSR count). The van der Waals surface area contributed by atoms with Gasteiger partial charge in [0.05, 0.1) is 0 Å². The van der Waals surface area contributed by atoms with Crippen molar-refractivity contribution in [3.05, 3.63) is 35.9 Å². The van der Waals surface area contributed by atoms with Gasteiger partial charge in [0.15, 0.2) is 0 Å². The van der Waals surface area contributed by atoms with E-state index in [0.29, 0.717) is 0 Å². The highest BCUT2D eigenvalue weighted by Gasteiger charge is 2.40. The van der Waals surface area contributed by atoms with Crippen LogP contribution in [0.2, 0.25) is 0 Å². The molecule has 0 unspecified atom stereocenters. The molecule has 1 atom stereocenters. The van der Waals surface area contributed by atoms with Crippen LogP contribution >= 0.6 is 0 Å². The minimum Gasteiger partial charge on any atom is -0.350 e. The fourth-order valence-corrected chi connectivity index (χ4v) is 2.95. The van der Waals surface area contributed by atoms with Gasteiger partial charge in [-0.1, -0.05) is 44.2 Å². The van der Waals surface area contributed by atoms with Crippen molar-refractivity contribution in [3.8, 4) is 0 Å². The van der Waals surface area contributed by atoms with Gasteiger partial charge in [0.1, 0.15) is 0 Å². The fraction of sp³-hybridized carbons (Fsp3) is 0.611. The van der Waals surface area contributed by atoms with Crippen LogP contribution in [0.15, 0.2) is 30.3 Å². The van der Waals surface area contributed by atoms with Crippen molar-refractivity contribution in [1.82, 2.24) is 15.1 Å². The lowest BCUT2D eigenvalue weighted by Crippen LogP contribution is -2.48. The van der Waals surface area contributed by atoms with Gasteiger partial charge in [-0.25, -0.2) is 0 Å². The molecule has 24 heavy (non-hydrogen) atoms. The summed E-state index contributed by atoms with van der Waals surface area (Å²) in [6.07, 6.45) is 0. The number of nitrogens with zero attached hydrogens (tertiary/aromatic N) is 2. The summed E-state index contributed by atoms with van der Waals surface area (Å²) < 4.78 is 28.2. The summed E-state index contributed by atoms with van der Waals surface area (Å²) in [7, 11) is 0. The maximum Gasteiger partial charge on any atom is 0.349 e. The molecule has 4 nitrogen and oxygen atoms in total. The average Bonchev–Trinajstić information content (AvgIpc) is 2.61. The van der Waals surface area contributed by atoms with E-state index in [9.17, 15) is 13.6 Å². The highest BCUT2D eigenvalue weighted by Crippen LogP contribution is 2.27. The first-order valence-corrected chi connectivity index (χ1v) is 8.59. The maximum atomic E-state index is 14.1. The van der Waals surface area contributed by atoms with Crippen LogP contribution in [-0.4, -0.2) is 61.5 Å². The summed E-state index contributed by atoms with van der Waals surface area (Å²) in [5.41, 5.74) is -0.272. The predicted molar refractivity (Wildman–Crippen MR) is 91.1 cm³/mol. The molecule has 1 aliphatic rings. The maximum absolute atomic E-state index is 14.1. The number of rotatable bonds is 7. The van der Waals surface area contributed by atoms with Crippen molar-refractivity contribution in [2.45, 2.75) is 19.8 Å². The van der Waals surface area contributed by atoms with E-state index < -0.39 is 11.8 Å². The van der Waals surface area contributed by atoms with Crippen molar-refractivity contribution >= 4 is 5.91 Å². The quantitative estimate of drug-likeness (QED) is 0.827. The Kier molecular flexibility index (Phi) is 6.69. The number of hydrogen-bond acceptors (Lipinski definition) is 3. The minimum absolute atomic E-state index is 0.133. The van der Waals surface area contributed by atoms with E-state index in [1.165, 1.54) is 24.3 Å².